The summed E-state index contributed by atoms with van der Waals surface area (Å²) in [5.41, 5.74) is 1.81. The molecule has 1 saturated carbocycles. The Morgan fingerprint density at radius 2 is 2.06 bits per heavy atom. The van der Waals surface area contributed by atoms with Crippen LogP contribution >= 0.6 is 15.9 Å². The van der Waals surface area contributed by atoms with Crippen molar-refractivity contribution < 1.29 is 0 Å². The third kappa shape index (κ3) is 2.80. The summed E-state index contributed by atoms with van der Waals surface area (Å²) >= 11 is 3.62. The molecule has 4 heteroatoms. The van der Waals surface area contributed by atoms with Crippen molar-refractivity contribution >= 4 is 15.9 Å². The van der Waals surface area contributed by atoms with Gasteiger partial charge in [0.25, 0.3) is 0 Å². The van der Waals surface area contributed by atoms with Crippen LogP contribution in [0.5, 0.6) is 0 Å². The number of nitrogens with one attached hydrogen (secondary N) is 1. The molecule has 0 bridgehead atoms. The van der Waals surface area contributed by atoms with E-state index in [1.165, 1.54) is 31.4 Å². The molecular formula is C14H24BrN3. The van der Waals surface area contributed by atoms with Crippen molar-refractivity contribution in [3.63, 3.8) is 0 Å². The largest absolute Gasteiger partial charge is 0.311 e. The lowest BCUT2D eigenvalue weighted by Gasteiger charge is -2.38. The Morgan fingerprint density at radius 1 is 1.44 bits per heavy atom. The predicted octanol–water partition coefficient (Wildman–Crippen LogP) is 3.66. The summed E-state index contributed by atoms with van der Waals surface area (Å²) < 4.78 is 3.11. The van der Waals surface area contributed by atoms with Gasteiger partial charge in [0, 0.05) is 7.05 Å². The van der Waals surface area contributed by atoms with E-state index in [0.717, 1.165) is 10.4 Å². The third-order valence-electron chi connectivity index (χ3n) is 4.40. The van der Waals surface area contributed by atoms with E-state index in [1.54, 1.807) is 0 Å². The first-order valence-corrected chi connectivity index (χ1v) is 7.58. The van der Waals surface area contributed by atoms with Gasteiger partial charge >= 0.3 is 0 Å². The van der Waals surface area contributed by atoms with Gasteiger partial charge in [0.1, 0.15) is 0 Å². The normalized spacial score (nSPS) is 22.1. The van der Waals surface area contributed by atoms with E-state index in [2.05, 4.69) is 47.2 Å². The van der Waals surface area contributed by atoms with Crippen molar-refractivity contribution in [2.45, 2.75) is 45.6 Å². The maximum Gasteiger partial charge on any atom is 0.0695 e. The molecule has 1 unspecified atom stereocenters. The van der Waals surface area contributed by atoms with Gasteiger partial charge in [-0.1, -0.05) is 13.8 Å². The molecule has 1 aliphatic carbocycles. The molecule has 0 saturated heterocycles. The van der Waals surface area contributed by atoms with Crippen molar-refractivity contribution in [1.82, 2.24) is 15.1 Å². The second-order valence-electron chi connectivity index (χ2n) is 6.27. The number of aromatic nitrogens is 2. The monoisotopic (exact) mass is 313 g/mol. The molecule has 1 aromatic rings. The van der Waals surface area contributed by atoms with Gasteiger partial charge in [-0.3, -0.25) is 4.68 Å². The fourth-order valence-electron chi connectivity index (χ4n) is 3.12. The summed E-state index contributed by atoms with van der Waals surface area (Å²) in [5, 5.41) is 7.83. The molecule has 1 heterocycles. The van der Waals surface area contributed by atoms with Crippen LogP contribution in [0.3, 0.4) is 0 Å². The third-order valence-corrected chi connectivity index (χ3v) is 5.01. The van der Waals surface area contributed by atoms with E-state index < -0.39 is 0 Å². The zero-order valence-electron chi connectivity index (χ0n) is 11.8. The molecule has 0 spiro atoms. The van der Waals surface area contributed by atoms with E-state index in [4.69, 9.17) is 0 Å². The summed E-state index contributed by atoms with van der Waals surface area (Å²) in [4.78, 5) is 0. The van der Waals surface area contributed by atoms with E-state index >= 15 is 0 Å². The highest BCUT2D eigenvalue weighted by Crippen LogP contribution is 2.43. The standard InChI is InChI=1S/C14H24BrN3/c1-14(2)7-5-10(6-8-14)12(16-3)13-11(15)9-17-18(13)4/h9-10,12,16H,5-8H2,1-4H3. The Morgan fingerprint density at radius 3 is 2.50 bits per heavy atom. The Hall–Kier alpha value is -0.350. The average Bonchev–Trinajstić information content (AvgIpc) is 2.64. The van der Waals surface area contributed by atoms with Gasteiger partial charge in [-0.15, -0.1) is 0 Å². The lowest BCUT2D eigenvalue weighted by Crippen LogP contribution is -2.32. The topological polar surface area (TPSA) is 29.9 Å². The molecule has 18 heavy (non-hydrogen) atoms. The van der Waals surface area contributed by atoms with Crippen LogP contribution in [0, 0.1) is 11.3 Å². The summed E-state index contributed by atoms with van der Waals surface area (Å²) in [6.07, 6.45) is 7.15. The minimum Gasteiger partial charge on any atom is -0.311 e. The first-order chi connectivity index (χ1) is 8.44. The molecule has 0 amide bonds. The van der Waals surface area contributed by atoms with Crippen LogP contribution in [0.25, 0.3) is 0 Å². The van der Waals surface area contributed by atoms with Crippen LogP contribution in [0.15, 0.2) is 10.7 Å². The molecule has 1 N–H and O–H groups in total. The second-order valence-corrected chi connectivity index (χ2v) is 7.12. The molecular weight excluding hydrogens is 290 g/mol. The minimum absolute atomic E-state index is 0.406. The molecule has 3 nitrogen and oxygen atoms in total. The van der Waals surface area contributed by atoms with Crippen molar-refractivity contribution in [3.8, 4) is 0 Å². The van der Waals surface area contributed by atoms with Crippen molar-refractivity contribution in [1.29, 1.82) is 0 Å². The van der Waals surface area contributed by atoms with Gasteiger partial charge in [-0.25, -0.2) is 0 Å². The van der Waals surface area contributed by atoms with E-state index in [9.17, 15) is 0 Å². The predicted molar refractivity (Wildman–Crippen MR) is 78.4 cm³/mol. The Labute approximate surface area is 118 Å². The quantitative estimate of drug-likeness (QED) is 0.923. The molecule has 0 radical (unpaired) electrons. The molecule has 1 fully saturated rings. The van der Waals surface area contributed by atoms with Crippen LogP contribution in [0.4, 0.5) is 0 Å². The summed E-state index contributed by atoms with van der Waals surface area (Å²) in [6.45, 7) is 4.77. The zero-order chi connectivity index (χ0) is 13.3. The average molecular weight is 314 g/mol. The smallest absolute Gasteiger partial charge is 0.0695 e. The van der Waals surface area contributed by atoms with Crippen LogP contribution in [0.2, 0.25) is 0 Å². The van der Waals surface area contributed by atoms with Crippen LogP contribution in [-0.4, -0.2) is 16.8 Å². The minimum atomic E-state index is 0.406. The van der Waals surface area contributed by atoms with Gasteiger partial charge < -0.3 is 5.32 Å². The molecule has 0 aromatic carbocycles. The number of nitrogens with zero attached hydrogens (tertiary/aromatic N) is 2. The van der Waals surface area contributed by atoms with Crippen LogP contribution < -0.4 is 5.32 Å². The second kappa shape index (κ2) is 5.33. The fourth-order valence-corrected chi connectivity index (χ4v) is 3.72. The lowest BCUT2D eigenvalue weighted by atomic mass is 9.70. The lowest BCUT2D eigenvalue weighted by molar-refractivity contribution is 0.161. The molecule has 1 aliphatic rings. The van der Waals surface area contributed by atoms with Crippen LogP contribution in [0.1, 0.15) is 51.3 Å². The van der Waals surface area contributed by atoms with Gasteiger partial charge in [0.2, 0.25) is 0 Å². The van der Waals surface area contributed by atoms with E-state index in [1.807, 2.05) is 17.9 Å². The zero-order valence-corrected chi connectivity index (χ0v) is 13.4. The highest BCUT2D eigenvalue weighted by Gasteiger charge is 2.33. The maximum absolute atomic E-state index is 4.34. The maximum atomic E-state index is 4.34. The number of rotatable bonds is 3. The molecule has 1 atom stereocenters. The highest BCUT2D eigenvalue weighted by molar-refractivity contribution is 9.10. The molecule has 0 aliphatic heterocycles. The number of hydrogen-bond acceptors (Lipinski definition) is 2. The molecule has 2 rings (SSSR count). The van der Waals surface area contributed by atoms with Gasteiger partial charge in [-0.2, -0.15) is 5.10 Å². The van der Waals surface area contributed by atoms with Crippen LogP contribution in [-0.2, 0) is 7.05 Å². The van der Waals surface area contributed by atoms with Crippen molar-refractivity contribution in [2.24, 2.45) is 18.4 Å². The molecule has 102 valence electrons. The van der Waals surface area contributed by atoms with E-state index in [0.29, 0.717) is 11.5 Å². The Balaban J connectivity index is 2.15. The van der Waals surface area contributed by atoms with Crippen molar-refractivity contribution in [3.05, 3.63) is 16.4 Å². The Kier molecular flexibility index (Phi) is 4.17. The van der Waals surface area contributed by atoms with Gasteiger partial charge in [-0.05, 0) is 60.0 Å². The summed E-state index contributed by atoms with van der Waals surface area (Å²) in [5.74, 6) is 0.717. The number of aryl methyl sites for hydroxylation is 1. The SMILES string of the molecule is CNC(c1c(Br)cnn1C)C1CCC(C)(C)CC1. The first-order valence-electron chi connectivity index (χ1n) is 6.79. The Bertz CT molecular complexity index is 382. The van der Waals surface area contributed by atoms with Crippen molar-refractivity contribution in [2.75, 3.05) is 7.05 Å². The molecule has 1 aromatic heterocycles. The fraction of sp³-hybridized carbons (Fsp3) is 0.786. The number of hydrogen-bond donors (Lipinski definition) is 1. The first kappa shape index (κ1) is 14.1. The summed E-state index contributed by atoms with van der Waals surface area (Å²) in [6, 6.07) is 0.406. The number of halogens is 1. The van der Waals surface area contributed by atoms with Gasteiger partial charge in [0.05, 0.1) is 22.4 Å². The van der Waals surface area contributed by atoms with E-state index in [-0.39, 0.29) is 0 Å². The summed E-state index contributed by atoms with van der Waals surface area (Å²) in [7, 11) is 4.08. The van der Waals surface area contributed by atoms with Gasteiger partial charge in [0.15, 0.2) is 0 Å². The highest BCUT2D eigenvalue weighted by atomic mass is 79.9.